The molecule has 1 fully saturated rings. The number of benzene rings is 2. The van der Waals surface area contributed by atoms with E-state index >= 15 is 0 Å². The van der Waals surface area contributed by atoms with Crippen molar-refractivity contribution >= 4 is 44.4 Å². The van der Waals surface area contributed by atoms with Gasteiger partial charge in [-0.2, -0.15) is 0 Å². The lowest BCUT2D eigenvalue weighted by molar-refractivity contribution is -0.128. The molecule has 0 N–H and O–H groups in total. The molecule has 3 aromatic rings. The predicted octanol–water partition coefficient (Wildman–Crippen LogP) is 4.02. The topological polar surface area (TPSA) is 36.4 Å². The summed E-state index contributed by atoms with van der Waals surface area (Å²) in [7, 11) is 0. The fourth-order valence-corrected chi connectivity index (χ4v) is 5.02. The highest BCUT2D eigenvalue weighted by Crippen LogP contribution is 2.30. The molecular weight excluding hydrogens is 381 g/mol. The molecule has 4 nitrogen and oxygen atoms in total. The van der Waals surface area contributed by atoms with Gasteiger partial charge < -0.3 is 9.80 Å². The van der Waals surface area contributed by atoms with Gasteiger partial charge in [-0.25, -0.2) is 9.37 Å². The van der Waals surface area contributed by atoms with E-state index in [1.807, 2.05) is 23.1 Å². The lowest BCUT2D eigenvalue weighted by atomic mass is 10.2. The molecule has 0 unspecified atom stereocenters. The molecule has 1 aromatic heterocycles. The molecule has 1 saturated heterocycles. The van der Waals surface area contributed by atoms with Crippen LogP contribution in [0.4, 0.5) is 9.52 Å². The summed E-state index contributed by atoms with van der Waals surface area (Å²) in [4.78, 5) is 21.2. The van der Waals surface area contributed by atoms with Gasteiger partial charge in [0.15, 0.2) is 5.13 Å². The summed E-state index contributed by atoms with van der Waals surface area (Å²) in [6.45, 7) is 2.93. The number of anilines is 1. The number of piperazine rings is 1. The van der Waals surface area contributed by atoms with Crippen molar-refractivity contribution in [2.75, 3.05) is 36.8 Å². The van der Waals surface area contributed by atoms with Crippen LogP contribution in [0, 0.1) is 5.82 Å². The second-order valence-electron chi connectivity index (χ2n) is 6.45. The number of hydrogen-bond donors (Lipinski definition) is 0. The molecular formula is C20H20FN3OS2. The van der Waals surface area contributed by atoms with E-state index in [1.165, 1.54) is 29.0 Å². The summed E-state index contributed by atoms with van der Waals surface area (Å²) < 4.78 is 14.2. The van der Waals surface area contributed by atoms with E-state index in [1.54, 1.807) is 17.8 Å². The van der Waals surface area contributed by atoms with E-state index in [2.05, 4.69) is 22.0 Å². The molecule has 2 heterocycles. The van der Waals surface area contributed by atoms with Crippen LogP contribution in [0.3, 0.4) is 0 Å². The van der Waals surface area contributed by atoms with Crippen LogP contribution in [-0.4, -0.2) is 47.7 Å². The Labute approximate surface area is 166 Å². The number of hydrogen-bond acceptors (Lipinski definition) is 5. The molecule has 27 heavy (non-hydrogen) atoms. The monoisotopic (exact) mass is 401 g/mol. The fourth-order valence-electron chi connectivity index (χ4n) is 3.09. The number of thioether (sulfide) groups is 1. The number of nitrogens with zero attached hydrogens (tertiary/aromatic N) is 3. The van der Waals surface area contributed by atoms with E-state index in [9.17, 15) is 9.18 Å². The van der Waals surface area contributed by atoms with Crippen molar-refractivity contribution in [1.29, 1.82) is 0 Å². The fraction of sp³-hybridized carbons (Fsp3) is 0.300. The van der Waals surface area contributed by atoms with Gasteiger partial charge in [0.1, 0.15) is 5.82 Å². The van der Waals surface area contributed by atoms with Crippen LogP contribution >= 0.6 is 23.1 Å². The highest BCUT2D eigenvalue weighted by molar-refractivity contribution is 7.99. The SMILES string of the molecule is O=C(CSCc1ccccc1)N1CCN(c2nc3ccc(F)cc3s2)CC1. The molecule has 2 aromatic carbocycles. The molecule has 0 aliphatic carbocycles. The second-order valence-corrected chi connectivity index (χ2v) is 8.45. The van der Waals surface area contributed by atoms with Crippen molar-refractivity contribution in [2.24, 2.45) is 0 Å². The first-order valence-electron chi connectivity index (χ1n) is 8.89. The quantitative estimate of drug-likeness (QED) is 0.647. The number of carbonyl (C=O) groups is 1. The molecule has 7 heteroatoms. The Morgan fingerprint density at radius 3 is 2.67 bits per heavy atom. The minimum Gasteiger partial charge on any atom is -0.345 e. The Kier molecular flexibility index (Phi) is 5.59. The van der Waals surface area contributed by atoms with E-state index in [4.69, 9.17) is 0 Å². The first-order chi connectivity index (χ1) is 13.2. The normalized spacial score (nSPS) is 14.7. The number of amides is 1. The molecule has 1 amide bonds. The number of aromatic nitrogens is 1. The zero-order valence-electron chi connectivity index (χ0n) is 14.8. The molecule has 1 aliphatic rings. The lowest BCUT2D eigenvalue weighted by Gasteiger charge is -2.34. The largest absolute Gasteiger partial charge is 0.345 e. The third-order valence-corrected chi connectivity index (χ3v) is 6.65. The van der Waals surface area contributed by atoms with Crippen LogP contribution < -0.4 is 4.90 Å². The summed E-state index contributed by atoms with van der Waals surface area (Å²) in [5.41, 5.74) is 2.07. The minimum atomic E-state index is -0.235. The summed E-state index contributed by atoms with van der Waals surface area (Å²) in [5, 5.41) is 0.904. The summed E-state index contributed by atoms with van der Waals surface area (Å²) in [6.07, 6.45) is 0. The van der Waals surface area contributed by atoms with E-state index in [0.29, 0.717) is 18.8 Å². The zero-order valence-corrected chi connectivity index (χ0v) is 16.4. The van der Waals surface area contributed by atoms with Gasteiger partial charge in [-0.3, -0.25) is 4.79 Å². The third-order valence-electron chi connectivity index (χ3n) is 4.58. The third kappa shape index (κ3) is 4.42. The standard InChI is InChI=1S/C20H20FN3OS2/c21-16-6-7-17-18(12-16)27-20(22-17)24-10-8-23(9-11-24)19(25)14-26-13-15-4-2-1-3-5-15/h1-7,12H,8-11,13-14H2. The van der Waals surface area contributed by atoms with E-state index < -0.39 is 0 Å². The van der Waals surface area contributed by atoms with Gasteiger partial charge in [0.05, 0.1) is 16.0 Å². The smallest absolute Gasteiger partial charge is 0.232 e. The van der Waals surface area contributed by atoms with Crippen molar-refractivity contribution < 1.29 is 9.18 Å². The highest BCUT2D eigenvalue weighted by Gasteiger charge is 2.23. The van der Waals surface area contributed by atoms with Crippen molar-refractivity contribution in [3.05, 3.63) is 59.9 Å². The Balaban J connectivity index is 1.28. The van der Waals surface area contributed by atoms with Gasteiger partial charge in [0.25, 0.3) is 0 Å². The van der Waals surface area contributed by atoms with E-state index in [-0.39, 0.29) is 11.7 Å². The lowest BCUT2D eigenvalue weighted by Crippen LogP contribution is -2.49. The second kappa shape index (κ2) is 8.27. The van der Waals surface area contributed by atoms with Crippen LogP contribution in [0.5, 0.6) is 0 Å². The zero-order chi connectivity index (χ0) is 18.6. The van der Waals surface area contributed by atoms with Crippen LogP contribution in [-0.2, 0) is 10.5 Å². The Bertz CT molecular complexity index is 923. The highest BCUT2D eigenvalue weighted by atomic mass is 32.2. The first kappa shape index (κ1) is 18.3. The number of thiazole rings is 1. The molecule has 0 atom stereocenters. The van der Waals surface area contributed by atoms with Crippen LogP contribution in [0.2, 0.25) is 0 Å². The Hall–Kier alpha value is -2.12. The Morgan fingerprint density at radius 2 is 1.89 bits per heavy atom. The Morgan fingerprint density at radius 1 is 1.11 bits per heavy atom. The number of halogens is 1. The van der Waals surface area contributed by atoms with Crippen LogP contribution in [0.1, 0.15) is 5.56 Å². The van der Waals surface area contributed by atoms with Gasteiger partial charge in [-0.15, -0.1) is 11.8 Å². The van der Waals surface area contributed by atoms with Crippen molar-refractivity contribution in [3.63, 3.8) is 0 Å². The summed E-state index contributed by atoms with van der Waals surface area (Å²) in [6, 6.07) is 14.9. The average molecular weight is 402 g/mol. The van der Waals surface area contributed by atoms with Crippen LogP contribution in [0.25, 0.3) is 10.2 Å². The summed E-state index contributed by atoms with van der Waals surface area (Å²) in [5.74, 6) is 1.33. The molecule has 140 valence electrons. The average Bonchev–Trinajstić information content (AvgIpc) is 3.12. The predicted molar refractivity (Wildman–Crippen MR) is 111 cm³/mol. The van der Waals surface area contributed by atoms with Gasteiger partial charge in [0, 0.05) is 31.9 Å². The maximum Gasteiger partial charge on any atom is 0.232 e. The molecule has 0 saturated carbocycles. The van der Waals surface area contributed by atoms with Gasteiger partial charge >= 0.3 is 0 Å². The van der Waals surface area contributed by atoms with Crippen molar-refractivity contribution in [2.45, 2.75) is 5.75 Å². The molecule has 0 radical (unpaired) electrons. The summed E-state index contributed by atoms with van der Waals surface area (Å²) >= 11 is 3.17. The molecule has 1 aliphatic heterocycles. The minimum absolute atomic E-state index is 0.196. The number of rotatable bonds is 5. The number of fused-ring (bicyclic) bond motifs is 1. The van der Waals surface area contributed by atoms with Crippen LogP contribution in [0.15, 0.2) is 48.5 Å². The molecule has 0 bridgehead atoms. The first-order valence-corrected chi connectivity index (χ1v) is 10.9. The molecule has 0 spiro atoms. The van der Waals surface area contributed by atoms with E-state index in [0.717, 1.165) is 34.2 Å². The van der Waals surface area contributed by atoms with Crippen molar-refractivity contribution in [3.8, 4) is 0 Å². The molecule has 4 rings (SSSR count). The number of carbonyl (C=O) groups excluding carboxylic acids is 1. The van der Waals surface area contributed by atoms with Gasteiger partial charge in [-0.05, 0) is 23.8 Å². The van der Waals surface area contributed by atoms with Gasteiger partial charge in [-0.1, -0.05) is 41.7 Å². The maximum atomic E-state index is 13.4. The maximum absolute atomic E-state index is 13.4. The van der Waals surface area contributed by atoms with Crippen molar-refractivity contribution in [1.82, 2.24) is 9.88 Å². The van der Waals surface area contributed by atoms with Gasteiger partial charge in [0.2, 0.25) is 5.91 Å².